The van der Waals surface area contributed by atoms with Crippen LogP contribution in [0.25, 0.3) is 0 Å². The number of hydrogen-bond donors (Lipinski definition) is 1. The molecule has 0 spiro atoms. The molecule has 1 unspecified atom stereocenters. The van der Waals surface area contributed by atoms with Crippen LogP contribution in [0.2, 0.25) is 5.02 Å². The van der Waals surface area contributed by atoms with Crippen molar-refractivity contribution in [2.75, 3.05) is 29.1 Å². The van der Waals surface area contributed by atoms with Gasteiger partial charge >= 0.3 is 6.09 Å². The summed E-state index contributed by atoms with van der Waals surface area (Å²) in [4.78, 5) is 19.4. The number of benzene rings is 1. The maximum atomic E-state index is 12.9. The Labute approximate surface area is 203 Å². The standard InChI is InChI=1S/C23H26ClN3O4S2/c1-4-27(5-2)18-9-10-19(16(3)13-18)26-23(28)31-20(21-7-6-12-32-21)15-33(29,30)22-11-8-17(24)14-25-22/h6-14,20H,4-5,15H2,1-3H3,(H,26,28). The number of nitrogens with zero attached hydrogens (tertiary/aromatic N) is 2. The van der Waals surface area contributed by atoms with Crippen molar-refractivity contribution in [1.29, 1.82) is 0 Å². The predicted molar refractivity (Wildman–Crippen MR) is 133 cm³/mol. The first-order valence-corrected chi connectivity index (χ1v) is 13.4. The van der Waals surface area contributed by atoms with Gasteiger partial charge in [0, 0.05) is 35.5 Å². The van der Waals surface area contributed by atoms with Gasteiger partial charge in [0.1, 0.15) is 0 Å². The number of carbonyl (C=O) groups is 1. The van der Waals surface area contributed by atoms with Gasteiger partial charge in [0.25, 0.3) is 0 Å². The first-order valence-electron chi connectivity index (χ1n) is 10.4. The van der Waals surface area contributed by atoms with E-state index in [2.05, 4.69) is 29.0 Å². The first-order chi connectivity index (χ1) is 15.7. The van der Waals surface area contributed by atoms with Gasteiger partial charge in [-0.1, -0.05) is 17.7 Å². The lowest BCUT2D eigenvalue weighted by molar-refractivity contribution is 0.124. The second-order valence-electron chi connectivity index (χ2n) is 7.30. The second-order valence-corrected chi connectivity index (χ2v) is 10.7. The van der Waals surface area contributed by atoms with Gasteiger partial charge in [0.2, 0.25) is 0 Å². The second kappa shape index (κ2) is 11.0. The van der Waals surface area contributed by atoms with E-state index in [9.17, 15) is 13.2 Å². The average molecular weight is 508 g/mol. The van der Waals surface area contributed by atoms with Crippen LogP contribution >= 0.6 is 22.9 Å². The molecule has 0 saturated carbocycles. The SMILES string of the molecule is CCN(CC)c1ccc(NC(=O)OC(CS(=O)(=O)c2ccc(Cl)cn2)c2cccs2)c(C)c1. The molecule has 7 nitrogen and oxygen atoms in total. The highest BCUT2D eigenvalue weighted by Crippen LogP contribution is 2.28. The van der Waals surface area contributed by atoms with E-state index in [-0.39, 0.29) is 5.03 Å². The molecule has 1 N–H and O–H groups in total. The van der Waals surface area contributed by atoms with Gasteiger partial charge in [-0.2, -0.15) is 0 Å². The maximum Gasteiger partial charge on any atom is 0.412 e. The number of rotatable bonds is 9. The largest absolute Gasteiger partial charge is 0.439 e. The lowest BCUT2D eigenvalue weighted by atomic mass is 10.1. The average Bonchev–Trinajstić information content (AvgIpc) is 3.31. The third-order valence-corrected chi connectivity index (χ3v) is 7.88. The topological polar surface area (TPSA) is 88.6 Å². The minimum atomic E-state index is -3.82. The zero-order chi connectivity index (χ0) is 24.0. The molecule has 176 valence electrons. The molecule has 10 heteroatoms. The molecule has 2 heterocycles. The van der Waals surface area contributed by atoms with Crippen molar-refractivity contribution in [3.8, 4) is 0 Å². The molecule has 3 aromatic rings. The Morgan fingerprint density at radius 2 is 1.97 bits per heavy atom. The zero-order valence-electron chi connectivity index (χ0n) is 18.6. The quantitative estimate of drug-likeness (QED) is 0.398. The van der Waals surface area contributed by atoms with Gasteiger partial charge in [0.15, 0.2) is 21.0 Å². The lowest BCUT2D eigenvalue weighted by Gasteiger charge is -2.22. The Bertz CT molecular complexity index is 1180. The van der Waals surface area contributed by atoms with E-state index in [0.717, 1.165) is 24.3 Å². The molecule has 0 aliphatic rings. The minimum Gasteiger partial charge on any atom is -0.439 e. The van der Waals surface area contributed by atoms with Crippen LogP contribution in [-0.4, -0.2) is 38.3 Å². The van der Waals surface area contributed by atoms with Gasteiger partial charge in [0.05, 0.1) is 10.8 Å². The van der Waals surface area contributed by atoms with Crippen LogP contribution in [0.5, 0.6) is 0 Å². The Morgan fingerprint density at radius 3 is 2.55 bits per heavy atom. The van der Waals surface area contributed by atoms with Crippen LogP contribution in [0.15, 0.2) is 59.1 Å². The predicted octanol–water partition coefficient (Wildman–Crippen LogP) is 5.71. The molecule has 2 aromatic heterocycles. The number of aryl methyl sites for hydroxylation is 1. The Balaban J connectivity index is 1.76. The highest BCUT2D eigenvalue weighted by Gasteiger charge is 2.28. The van der Waals surface area contributed by atoms with Crippen molar-refractivity contribution in [3.05, 3.63) is 69.5 Å². The zero-order valence-corrected chi connectivity index (χ0v) is 21.0. The number of nitrogens with one attached hydrogen (secondary N) is 1. The van der Waals surface area contributed by atoms with E-state index in [4.69, 9.17) is 16.3 Å². The number of anilines is 2. The lowest BCUT2D eigenvalue weighted by Crippen LogP contribution is -2.24. The molecule has 0 aliphatic heterocycles. The van der Waals surface area contributed by atoms with E-state index < -0.39 is 27.8 Å². The van der Waals surface area contributed by atoms with Crippen LogP contribution in [0.1, 0.15) is 30.4 Å². The van der Waals surface area contributed by atoms with Crippen molar-refractivity contribution in [1.82, 2.24) is 4.98 Å². The molecule has 0 aliphatic carbocycles. The normalized spacial score (nSPS) is 12.2. The smallest absolute Gasteiger partial charge is 0.412 e. The van der Waals surface area contributed by atoms with Crippen LogP contribution in [0.4, 0.5) is 16.2 Å². The third-order valence-electron chi connectivity index (χ3n) is 5.07. The van der Waals surface area contributed by atoms with E-state index in [1.807, 2.05) is 25.1 Å². The summed E-state index contributed by atoms with van der Waals surface area (Å²) in [6.45, 7) is 7.83. The summed E-state index contributed by atoms with van der Waals surface area (Å²) in [6.07, 6.45) is -0.443. The Kier molecular flexibility index (Phi) is 8.34. The molecule has 1 aromatic carbocycles. The molecule has 1 atom stereocenters. The molecule has 0 fully saturated rings. The number of sulfone groups is 1. The van der Waals surface area contributed by atoms with E-state index in [1.54, 1.807) is 17.5 Å². The summed E-state index contributed by atoms with van der Waals surface area (Å²) < 4.78 is 31.3. The van der Waals surface area contributed by atoms with Gasteiger partial charge in [-0.05, 0) is 68.1 Å². The van der Waals surface area contributed by atoms with Gasteiger partial charge in [-0.3, -0.25) is 5.32 Å². The monoisotopic (exact) mass is 507 g/mol. The molecular weight excluding hydrogens is 482 g/mol. The summed E-state index contributed by atoms with van der Waals surface area (Å²) >= 11 is 7.13. The molecule has 1 amide bonds. The van der Waals surface area contributed by atoms with Crippen molar-refractivity contribution in [2.45, 2.75) is 31.9 Å². The number of pyridine rings is 1. The fourth-order valence-electron chi connectivity index (χ4n) is 3.32. The van der Waals surface area contributed by atoms with E-state index >= 15 is 0 Å². The summed E-state index contributed by atoms with van der Waals surface area (Å²) in [6, 6.07) is 12.1. The number of amides is 1. The molecule has 0 radical (unpaired) electrons. The minimum absolute atomic E-state index is 0.125. The van der Waals surface area contributed by atoms with Crippen LogP contribution in [-0.2, 0) is 14.6 Å². The Hall–Kier alpha value is -2.62. The van der Waals surface area contributed by atoms with Gasteiger partial charge < -0.3 is 9.64 Å². The summed E-state index contributed by atoms with van der Waals surface area (Å²) in [5, 5.41) is 4.74. The summed E-state index contributed by atoms with van der Waals surface area (Å²) in [7, 11) is -3.82. The maximum absolute atomic E-state index is 12.9. The van der Waals surface area contributed by atoms with Gasteiger partial charge in [-0.15, -0.1) is 11.3 Å². The molecular formula is C23H26ClN3O4S2. The molecule has 3 rings (SSSR count). The first kappa shape index (κ1) is 25.0. The summed E-state index contributed by atoms with van der Waals surface area (Å²) in [5.74, 6) is -0.435. The van der Waals surface area contributed by atoms with Crippen LogP contribution < -0.4 is 10.2 Å². The number of halogens is 1. The third kappa shape index (κ3) is 6.46. The fraction of sp³-hybridized carbons (Fsp3) is 0.304. The number of thiophene rings is 1. The molecule has 0 bridgehead atoms. The van der Waals surface area contributed by atoms with Crippen molar-refractivity contribution in [3.63, 3.8) is 0 Å². The van der Waals surface area contributed by atoms with Crippen LogP contribution in [0.3, 0.4) is 0 Å². The number of aromatic nitrogens is 1. The number of ether oxygens (including phenoxy) is 1. The van der Waals surface area contributed by atoms with E-state index in [1.165, 1.54) is 29.7 Å². The van der Waals surface area contributed by atoms with Crippen molar-refractivity contribution < 1.29 is 17.9 Å². The Morgan fingerprint density at radius 1 is 1.21 bits per heavy atom. The van der Waals surface area contributed by atoms with E-state index in [0.29, 0.717) is 15.6 Å². The molecule has 33 heavy (non-hydrogen) atoms. The van der Waals surface area contributed by atoms with Crippen molar-refractivity contribution >= 4 is 50.2 Å². The summed E-state index contributed by atoms with van der Waals surface area (Å²) in [5.41, 5.74) is 2.54. The van der Waals surface area contributed by atoms with Crippen molar-refractivity contribution in [2.24, 2.45) is 0 Å². The number of hydrogen-bond acceptors (Lipinski definition) is 7. The number of carbonyl (C=O) groups excluding carboxylic acids is 1. The molecule has 0 saturated heterocycles. The van der Waals surface area contributed by atoms with Gasteiger partial charge in [-0.25, -0.2) is 18.2 Å². The van der Waals surface area contributed by atoms with Crippen LogP contribution in [0, 0.1) is 6.92 Å². The highest BCUT2D eigenvalue weighted by atomic mass is 35.5. The highest BCUT2D eigenvalue weighted by molar-refractivity contribution is 7.91. The fourth-order valence-corrected chi connectivity index (χ4v) is 5.60.